The summed E-state index contributed by atoms with van der Waals surface area (Å²) in [6, 6.07) is 13.2. The molecule has 5 nitrogen and oxygen atoms in total. The number of hydrogen-bond donors (Lipinski definition) is 0. The van der Waals surface area contributed by atoms with Crippen molar-refractivity contribution in [2.45, 2.75) is 13.5 Å². The van der Waals surface area contributed by atoms with Crippen LogP contribution in [-0.2, 0) is 6.54 Å². The molecule has 0 unspecified atom stereocenters. The molecule has 0 spiro atoms. The van der Waals surface area contributed by atoms with E-state index >= 15 is 0 Å². The van der Waals surface area contributed by atoms with Gasteiger partial charge >= 0.3 is 0 Å². The van der Waals surface area contributed by atoms with E-state index < -0.39 is 0 Å². The number of para-hydroxylation sites is 1. The van der Waals surface area contributed by atoms with Crippen molar-refractivity contribution in [3.8, 4) is 22.1 Å². The van der Waals surface area contributed by atoms with Crippen molar-refractivity contribution in [1.29, 1.82) is 0 Å². The summed E-state index contributed by atoms with van der Waals surface area (Å²) in [6.07, 6.45) is 0. The van der Waals surface area contributed by atoms with Crippen LogP contribution in [0.1, 0.15) is 23.0 Å². The molecule has 0 bridgehead atoms. The van der Waals surface area contributed by atoms with Gasteiger partial charge in [0, 0.05) is 34.6 Å². The molecule has 0 fully saturated rings. The van der Waals surface area contributed by atoms with Gasteiger partial charge in [0.15, 0.2) is 11.5 Å². The van der Waals surface area contributed by atoms with E-state index in [1.165, 1.54) is 11.3 Å². The number of halogens is 1. The molecule has 0 aliphatic carbocycles. The lowest BCUT2D eigenvalue weighted by Gasteiger charge is -2.25. The van der Waals surface area contributed by atoms with Crippen LogP contribution in [0.5, 0.6) is 11.5 Å². The SMILES string of the molecule is CCN(Cc1cccc2c1OCCO2)C(=O)c1csc(-c2cccc(Cl)c2)n1. The Kier molecular flexibility index (Phi) is 5.50. The third-order valence-corrected chi connectivity index (χ3v) is 5.60. The molecule has 2 heterocycles. The molecule has 1 aliphatic heterocycles. The predicted octanol–water partition coefficient (Wildman–Crippen LogP) is 4.90. The van der Waals surface area contributed by atoms with Crippen LogP contribution in [0, 0.1) is 0 Å². The summed E-state index contributed by atoms with van der Waals surface area (Å²) in [7, 11) is 0. The third-order valence-electron chi connectivity index (χ3n) is 4.47. The van der Waals surface area contributed by atoms with Gasteiger partial charge in [0.25, 0.3) is 5.91 Å². The quantitative estimate of drug-likeness (QED) is 0.596. The van der Waals surface area contributed by atoms with E-state index in [0.717, 1.165) is 27.6 Å². The number of carbonyl (C=O) groups excluding carboxylic acids is 1. The number of rotatable bonds is 5. The largest absolute Gasteiger partial charge is 0.486 e. The van der Waals surface area contributed by atoms with Crippen molar-refractivity contribution in [1.82, 2.24) is 9.88 Å². The fraction of sp³-hybridized carbons (Fsp3) is 0.238. The summed E-state index contributed by atoms with van der Waals surface area (Å²) in [5, 5.41) is 3.21. The lowest BCUT2D eigenvalue weighted by molar-refractivity contribution is 0.0744. The average molecular weight is 415 g/mol. The fourth-order valence-electron chi connectivity index (χ4n) is 3.08. The Hall–Kier alpha value is -2.57. The average Bonchev–Trinajstić information content (AvgIpc) is 3.22. The van der Waals surface area contributed by atoms with Crippen LogP contribution < -0.4 is 9.47 Å². The van der Waals surface area contributed by atoms with Crippen LogP contribution in [0.15, 0.2) is 47.8 Å². The van der Waals surface area contributed by atoms with Gasteiger partial charge in [-0.25, -0.2) is 4.98 Å². The van der Waals surface area contributed by atoms with Gasteiger partial charge in [-0.3, -0.25) is 4.79 Å². The molecule has 1 amide bonds. The number of aromatic nitrogens is 1. The minimum atomic E-state index is -0.110. The van der Waals surface area contributed by atoms with Crippen LogP contribution in [0.2, 0.25) is 5.02 Å². The highest BCUT2D eigenvalue weighted by Crippen LogP contribution is 2.34. The zero-order valence-corrected chi connectivity index (χ0v) is 16.9. The Morgan fingerprint density at radius 3 is 2.86 bits per heavy atom. The maximum atomic E-state index is 13.0. The highest BCUT2D eigenvalue weighted by molar-refractivity contribution is 7.13. The Morgan fingerprint density at radius 1 is 1.21 bits per heavy atom. The van der Waals surface area contributed by atoms with Crippen molar-refractivity contribution in [3.63, 3.8) is 0 Å². The van der Waals surface area contributed by atoms with Crippen molar-refractivity contribution in [2.75, 3.05) is 19.8 Å². The second-order valence-corrected chi connectivity index (χ2v) is 7.60. The van der Waals surface area contributed by atoms with E-state index in [1.807, 2.05) is 49.4 Å². The van der Waals surface area contributed by atoms with Crippen molar-refractivity contribution in [3.05, 3.63) is 64.1 Å². The summed E-state index contributed by atoms with van der Waals surface area (Å²) >= 11 is 7.50. The number of hydrogen-bond acceptors (Lipinski definition) is 5. The number of thiazole rings is 1. The van der Waals surface area contributed by atoms with Crippen LogP contribution in [0.4, 0.5) is 0 Å². The fourth-order valence-corrected chi connectivity index (χ4v) is 4.06. The van der Waals surface area contributed by atoms with Gasteiger partial charge in [-0.1, -0.05) is 35.9 Å². The normalized spacial score (nSPS) is 12.6. The maximum absolute atomic E-state index is 13.0. The maximum Gasteiger partial charge on any atom is 0.273 e. The Bertz CT molecular complexity index is 1000. The summed E-state index contributed by atoms with van der Waals surface area (Å²) in [4.78, 5) is 19.3. The van der Waals surface area contributed by atoms with Crippen molar-refractivity contribution < 1.29 is 14.3 Å². The zero-order chi connectivity index (χ0) is 19.5. The highest BCUT2D eigenvalue weighted by Gasteiger charge is 2.22. The molecule has 0 radical (unpaired) electrons. The first-order chi connectivity index (χ1) is 13.7. The first kappa shape index (κ1) is 18.8. The summed E-state index contributed by atoms with van der Waals surface area (Å²) in [6.45, 7) is 4.01. The van der Waals surface area contributed by atoms with Crippen molar-refractivity contribution >= 4 is 28.8 Å². The number of ether oxygens (including phenoxy) is 2. The molecule has 1 aliphatic rings. The first-order valence-corrected chi connectivity index (χ1v) is 10.3. The molecule has 144 valence electrons. The number of amides is 1. The predicted molar refractivity (Wildman–Crippen MR) is 110 cm³/mol. The smallest absolute Gasteiger partial charge is 0.273 e. The summed E-state index contributed by atoms with van der Waals surface area (Å²) in [5.74, 6) is 1.34. The van der Waals surface area contributed by atoms with Gasteiger partial charge in [-0.2, -0.15) is 0 Å². The molecular weight excluding hydrogens is 396 g/mol. The monoisotopic (exact) mass is 414 g/mol. The van der Waals surface area contributed by atoms with Gasteiger partial charge in [0.05, 0.1) is 0 Å². The first-order valence-electron chi connectivity index (χ1n) is 9.04. The molecule has 0 saturated carbocycles. The van der Waals surface area contributed by atoms with E-state index in [-0.39, 0.29) is 5.91 Å². The molecule has 28 heavy (non-hydrogen) atoms. The standard InChI is InChI=1S/C21H19ClN2O3S/c1-2-24(12-15-6-4-8-18-19(15)27-10-9-26-18)21(25)17-13-28-20(23-17)14-5-3-7-16(22)11-14/h3-8,11,13H,2,9-10,12H2,1H3. The Balaban J connectivity index is 1.55. The lowest BCUT2D eigenvalue weighted by Crippen LogP contribution is -2.31. The highest BCUT2D eigenvalue weighted by atomic mass is 35.5. The molecule has 0 N–H and O–H groups in total. The molecular formula is C21H19ClN2O3S. The van der Waals surface area contributed by atoms with E-state index in [9.17, 15) is 4.79 Å². The summed E-state index contributed by atoms with van der Waals surface area (Å²) < 4.78 is 11.4. The van der Waals surface area contributed by atoms with Gasteiger partial charge in [-0.05, 0) is 25.1 Å². The molecule has 7 heteroatoms. The molecule has 0 saturated heterocycles. The van der Waals surface area contributed by atoms with Gasteiger partial charge in [-0.15, -0.1) is 11.3 Å². The number of nitrogens with zero attached hydrogens (tertiary/aromatic N) is 2. The number of fused-ring (bicyclic) bond motifs is 1. The topological polar surface area (TPSA) is 51.7 Å². The molecule has 0 atom stereocenters. The van der Waals surface area contributed by atoms with Gasteiger partial charge in [0.1, 0.15) is 23.9 Å². The third kappa shape index (κ3) is 3.84. The van der Waals surface area contributed by atoms with Gasteiger partial charge < -0.3 is 14.4 Å². The van der Waals surface area contributed by atoms with Crippen LogP contribution in [0.3, 0.4) is 0 Å². The van der Waals surface area contributed by atoms with E-state index in [0.29, 0.717) is 37.0 Å². The second kappa shape index (κ2) is 8.20. The van der Waals surface area contributed by atoms with Crippen LogP contribution in [0.25, 0.3) is 10.6 Å². The summed E-state index contributed by atoms with van der Waals surface area (Å²) in [5.41, 5.74) is 2.27. The van der Waals surface area contributed by atoms with E-state index in [4.69, 9.17) is 21.1 Å². The number of carbonyl (C=O) groups is 1. The minimum Gasteiger partial charge on any atom is -0.486 e. The molecule has 4 rings (SSSR count). The number of benzene rings is 2. The van der Waals surface area contributed by atoms with E-state index in [2.05, 4.69) is 4.98 Å². The second-order valence-electron chi connectivity index (χ2n) is 6.31. The Labute approximate surface area is 172 Å². The van der Waals surface area contributed by atoms with E-state index in [1.54, 1.807) is 10.3 Å². The minimum absolute atomic E-state index is 0.110. The van der Waals surface area contributed by atoms with Crippen LogP contribution >= 0.6 is 22.9 Å². The Morgan fingerprint density at radius 2 is 2.04 bits per heavy atom. The van der Waals surface area contributed by atoms with Crippen LogP contribution in [-0.4, -0.2) is 35.5 Å². The molecule has 2 aromatic carbocycles. The molecule has 3 aromatic rings. The lowest BCUT2D eigenvalue weighted by atomic mass is 10.1. The van der Waals surface area contributed by atoms with Crippen molar-refractivity contribution in [2.24, 2.45) is 0 Å². The zero-order valence-electron chi connectivity index (χ0n) is 15.4. The van der Waals surface area contributed by atoms with Gasteiger partial charge in [0.2, 0.25) is 0 Å². The molecule has 1 aromatic heterocycles.